The third kappa shape index (κ3) is 3.60. The van der Waals surface area contributed by atoms with Crippen LogP contribution < -0.4 is 9.64 Å². The van der Waals surface area contributed by atoms with Crippen molar-refractivity contribution in [3.63, 3.8) is 0 Å². The molecule has 0 aliphatic carbocycles. The highest BCUT2D eigenvalue weighted by atomic mass is 19.4. The summed E-state index contributed by atoms with van der Waals surface area (Å²) in [4.78, 5) is 2.34. The highest BCUT2D eigenvalue weighted by Crippen LogP contribution is 2.33. The van der Waals surface area contributed by atoms with Crippen molar-refractivity contribution < 1.29 is 17.9 Å². The molecule has 0 radical (unpaired) electrons. The van der Waals surface area contributed by atoms with Crippen LogP contribution in [0.3, 0.4) is 0 Å². The number of ether oxygens (including phenoxy) is 1. The molecule has 5 heteroatoms. The summed E-state index contributed by atoms with van der Waals surface area (Å²) in [5.74, 6) is 1.02. The highest BCUT2D eigenvalue weighted by Gasteiger charge is 2.30. The van der Waals surface area contributed by atoms with Gasteiger partial charge >= 0.3 is 6.18 Å². The molecule has 1 aliphatic rings. The van der Waals surface area contributed by atoms with Crippen molar-refractivity contribution in [2.45, 2.75) is 25.9 Å². The minimum absolute atomic E-state index is 0.395. The van der Waals surface area contributed by atoms with Gasteiger partial charge in [-0.2, -0.15) is 13.2 Å². The Morgan fingerprint density at radius 3 is 2.09 bits per heavy atom. The SMILES string of the molecule is Cc1cc(Oc2ccc(C(F)(F)F)cc2)ccc1N1CCCC1. The summed E-state index contributed by atoms with van der Waals surface area (Å²) in [5, 5.41) is 0. The fourth-order valence-corrected chi connectivity index (χ4v) is 2.85. The van der Waals surface area contributed by atoms with Crippen LogP contribution in [0.25, 0.3) is 0 Å². The van der Waals surface area contributed by atoms with Gasteiger partial charge in [-0.1, -0.05) is 0 Å². The molecule has 0 aromatic heterocycles. The quantitative estimate of drug-likeness (QED) is 0.750. The van der Waals surface area contributed by atoms with Crippen molar-refractivity contribution in [2.24, 2.45) is 0 Å². The lowest BCUT2D eigenvalue weighted by Gasteiger charge is -2.20. The van der Waals surface area contributed by atoms with E-state index >= 15 is 0 Å². The summed E-state index contributed by atoms with van der Waals surface area (Å²) in [7, 11) is 0. The van der Waals surface area contributed by atoms with Crippen LogP contribution in [0.2, 0.25) is 0 Å². The summed E-state index contributed by atoms with van der Waals surface area (Å²) >= 11 is 0. The number of aryl methyl sites for hydroxylation is 1. The van der Waals surface area contributed by atoms with Crippen molar-refractivity contribution in [1.29, 1.82) is 0 Å². The summed E-state index contributed by atoms with van der Waals surface area (Å²) < 4.78 is 43.3. The molecule has 0 N–H and O–H groups in total. The minimum Gasteiger partial charge on any atom is -0.457 e. The first-order valence-electron chi connectivity index (χ1n) is 7.64. The van der Waals surface area contributed by atoms with Gasteiger partial charge < -0.3 is 9.64 Å². The Hall–Kier alpha value is -2.17. The van der Waals surface area contributed by atoms with Gasteiger partial charge in [-0.05, 0) is 67.8 Å². The molecule has 0 unspecified atom stereocenters. The Bertz CT molecular complexity index is 674. The van der Waals surface area contributed by atoms with Crippen molar-refractivity contribution in [2.75, 3.05) is 18.0 Å². The maximum absolute atomic E-state index is 12.5. The molecule has 3 rings (SSSR count). The standard InChI is InChI=1S/C18H18F3NO/c1-13-12-16(8-9-17(13)22-10-2-3-11-22)23-15-6-4-14(5-7-15)18(19,20)21/h4-9,12H,2-3,10-11H2,1H3. The topological polar surface area (TPSA) is 12.5 Å². The molecule has 2 aromatic rings. The van der Waals surface area contributed by atoms with Crippen LogP contribution in [0, 0.1) is 6.92 Å². The van der Waals surface area contributed by atoms with Crippen LogP contribution in [0.15, 0.2) is 42.5 Å². The van der Waals surface area contributed by atoms with Crippen LogP contribution in [-0.2, 0) is 6.18 Å². The van der Waals surface area contributed by atoms with Gasteiger partial charge in [0.15, 0.2) is 0 Å². The number of halogens is 3. The second kappa shape index (κ2) is 6.14. The molecule has 1 heterocycles. The van der Waals surface area contributed by atoms with Gasteiger partial charge in [0.25, 0.3) is 0 Å². The lowest BCUT2D eigenvalue weighted by molar-refractivity contribution is -0.137. The Morgan fingerprint density at radius 1 is 0.913 bits per heavy atom. The number of hydrogen-bond acceptors (Lipinski definition) is 2. The Morgan fingerprint density at radius 2 is 1.52 bits per heavy atom. The van der Waals surface area contributed by atoms with E-state index in [1.165, 1.54) is 30.7 Å². The van der Waals surface area contributed by atoms with E-state index in [1.807, 2.05) is 25.1 Å². The van der Waals surface area contributed by atoms with E-state index in [-0.39, 0.29) is 0 Å². The van der Waals surface area contributed by atoms with E-state index in [0.717, 1.165) is 30.8 Å². The first-order valence-corrected chi connectivity index (χ1v) is 7.64. The maximum Gasteiger partial charge on any atom is 0.416 e. The van der Waals surface area contributed by atoms with Crippen LogP contribution in [-0.4, -0.2) is 13.1 Å². The average molecular weight is 321 g/mol. The number of benzene rings is 2. The summed E-state index contributed by atoms with van der Waals surface area (Å²) in [6.45, 7) is 4.16. The summed E-state index contributed by atoms with van der Waals surface area (Å²) in [6.07, 6.45) is -1.90. The van der Waals surface area contributed by atoms with Gasteiger partial charge in [0.05, 0.1) is 5.56 Å². The molecule has 0 atom stereocenters. The smallest absolute Gasteiger partial charge is 0.416 e. The van der Waals surface area contributed by atoms with Gasteiger partial charge in [-0.3, -0.25) is 0 Å². The summed E-state index contributed by atoms with van der Waals surface area (Å²) in [6, 6.07) is 10.5. The predicted molar refractivity (Wildman–Crippen MR) is 84.1 cm³/mol. The van der Waals surface area contributed by atoms with E-state index in [0.29, 0.717) is 11.5 Å². The normalized spacial score (nSPS) is 15.0. The summed E-state index contributed by atoms with van der Waals surface area (Å²) in [5.41, 5.74) is 1.63. The molecular formula is C18H18F3NO. The molecule has 1 aliphatic heterocycles. The van der Waals surface area contributed by atoms with Gasteiger partial charge in [-0.25, -0.2) is 0 Å². The van der Waals surface area contributed by atoms with E-state index in [1.54, 1.807) is 0 Å². The zero-order valence-electron chi connectivity index (χ0n) is 12.9. The molecule has 1 fully saturated rings. The van der Waals surface area contributed by atoms with E-state index in [9.17, 15) is 13.2 Å². The number of anilines is 1. The van der Waals surface area contributed by atoms with Crippen molar-refractivity contribution in [1.82, 2.24) is 0 Å². The average Bonchev–Trinajstić information content (AvgIpc) is 3.01. The Kier molecular flexibility index (Phi) is 4.20. The zero-order valence-corrected chi connectivity index (χ0v) is 12.9. The van der Waals surface area contributed by atoms with Crippen LogP contribution >= 0.6 is 0 Å². The highest BCUT2D eigenvalue weighted by molar-refractivity contribution is 5.56. The van der Waals surface area contributed by atoms with Gasteiger partial charge in [0.2, 0.25) is 0 Å². The van der Waals surface area contributed by atoms with Gasteiger partial charge in [0, 0.05) is 18.8 Å². The van der Waals surface area contributed by atoms with Crippen LogP contribution in [0.5, 0.6) is 11.5 Å². The molecule has 122 valence electrons. The lowest BCUT2D eigenvalue weighted by atomic mass is 10.1. The molecule has 23 heavy (non-hydrogen) atoms. The van der Waals surface area contributed by atoms with Crippen molar-refractivity contribution in [3.8, 4) is 11.5 Å². The Balaban J connectivity index is 1.74. The molecule has 1 saturated heterocycles. The molecular weight excluding hydrogens is 303 g/mol. The Labute approximate surface area is 133 Å². The van der Waals surface area contributed by atoms with E-state index < -0.39 is 11.7 Å². The number of alkyl halides is 3. The fourth-order valence-electron chi connectivity index (χ4n) is 2.85. The van der Waals surface area contributed by atoms with Gasteiger partial charge in [-0.15, -0.1) is 0 Å². The van der Waals surface area contributed by atoms with E-state index in [2.05, 4.69) is 4.90 Å². The predicted octanol–water partition coefficient (Wildman–Crippen LogP) is 5.41. The first kappa shape index (κ1) is 15.7. The monoisotopic (exact) mass is 321 g/mol. The number of nitrogens with zero attached hydrogens (tertiary/aromatic N) is 1. The molecule has 0 saturated carbocycles. The van der Waals surface area contributed by atoms with Crippen molar-refractivity contribution in [3.05, 3.63) is 53.6 Å². The third-order valence-electron chi connectivity index (χ3n) is 4.03. The maximum atomic E-state index is 12.5. The van der Waals surface area contributed by atoms with E-state index in [4.69, 9.17) is 4.74 Å². The van der Waals surface area contributed by atoms with Crippen LogP contribution in [0.4, 0.5) is 18.9 Å². The number of hydrogen-bond donors (Lipinski definition) is 0. The molecule has 0 spiro atoms. The van der Waals surface area contributed by atoms with Crippen molar-refractivity contribution >= 4 is 5.69 Å². The number of rotatable bonds is 3. The molecule has 0 amide bonds. The fraction of sp³-hybridized carbons (Fsp3) is 0.333. The molecule has 2 aromatic carbocycles. The minimum atomic E-state index is -4.33. The molecule has 0 bridgehead atoms. The second-order valence-corrected chi connectivity index (χ2v) is 5.77. The zero-order chi connectivity index (χ0) is 16.4. The largest absolute Gasteiger partial charge is 0.457 e. The third-order valence-corrected chi connectivity index (χ3v) is 4.03. The lowest BCUT2D eigenvalue weighted by Crippen LogP contribution is -2.18. The second-order valence-electron chi connectivity index (χ2n) is 5.77. The molecule has 2 nitrogen and oxygen atoms in total. The first-order chi connectivity index (χ1) is 10.9. The van der Waals surface area contributed by atoms with Crippen LogP contribution in [0.1, 0.15) is 24.0 Å². The van der Waals surface area contributed by atoms with Gasteiger partial charge in [0.1, 0.15) is 11.5 Å².